The molecule has 0 aliphatic carbocycles. The molecule has 0 radical (unpaired) electrons. The van der Waals surface area contributed by atoms with Crippen molar-refractivity contribution in [3.63, 3.8) is 0 Å². The van der Waals surface area contributed by atoms with Crippen molar-refractivity contribution in [2.75, 3.05) is 18.9 Å². The van der Waals surface area contributed by atoms with Crippen LogP contribution in [0.1, 0.15) is 99.3 Å². The fourth-order valence-corrected chi connectivity index (χ4v) is 4.56. The minimum absolute atomic E-state index is 0.0938. The Balaban J connectivity index is 1.44. The van der Waals surface area contributed by atoms with E-state index in [9.17, 15) is 24.0 Å². The summed E-state index contributed by atoms with van der Waals surface area (Å²) in [5.41, 5.74) is 1.01. The SMILES string of the molecule is CCC(C)(C)N(C)C(=O)CCCCCCCNc1cccc2c1C(=O)N(C1CCC(=O)NC1=O)C2=O. The van der Waals surface area contributed by atoms with Crippen molar-refractivity contribution in [2.24, 2.45) is 0 Å². The van der Waals surface area contributed by atoms with Crippen LogP contribution >= 0.6 is 0 Å². The summed E-state index contributed by atoms with van der Waals surface area (Å²) in [5, 5.41) is 5.48. The maximum absolute atomic E-state index is 13.1. The molecule has 9 nitrogen and oxygen atoms in total. The van der Waals surface area contributed by atoms with Gasteiger partial charge in [-0.15, -0.1) is 0 Å². The van der Waals surface area contributed by atoms with Crippen molar-refractivity contribution < 1.29 is 24.0 Å². The largest absolute Gasteiger partial charge is 0.384 e. The zero-order valence-electron chi connectivity index (χ0n) is 21.8. The van der Waals surface area contributed by atoms with Crippen molar-refractivity contribution in [3.05, 3.63) is 29.3 Å². The molecule has 2 aliphatic rings. The van der Waals surface area contributed by atoms with Crippen LogP contribution in [0.2, 0.25) is 0 Å². The number of imide groups is 2. The molecular weight excluding hydrogens is 460 g/mol. The number of carbonyl (C=O) groups is 5. The lowest BCUT2D eigenvalue weighted by Gasteiger charge is -2.35. The summed E-state index contributed by atoms with van der Waals surface area (Å²) in [6.45, 7) is 6.89. The van der Waals surface area contributed by atoms with Gasteiger partial charge in [-0.3, -0.25) is 34.2 Å². The Hall–Kier alpha value is -3.23. The molecule has 0 aromatic heterocycles. The number of amides is 5. The predicted molar refractivity (Wildman–Crippen MR) is 136 cm³/mol. The molecular formula is C27H38N4O5. The summed E-state index contributed by atoms with van der Waals surface area (Å²) in [5.74, 6) is -1.83. The van der Waals surface area contributed by atoms with Crippen molar-refractivity contribution >= 4 is 35.2 Å². The molecule has 0 bridgehead atoms. The normalized spacial score (nSPS) is 17.8. The molecule has 1 aromatic rings. The highest BCUT2D eigenvalue weighted by Gasteiger charge is 2.45. The number of hydrogen-bond donors (Lipinski definition) is 2. The number of nitrogens with zero attached hydrogens (tertiary/aromatic N) is 2. The zero-order chi connectivity index (χ0) is 26.5. The minimum atomic E-state index is -0.970. The van der Waals surface area contributed by atoms with Crippen molar-refractivity contribution in [2.45, 2.75) is 90.1 Å². The van der Waals surface area contributed by atoms with Crippen LogP contribution in [0.4, 0.5) is 5.69 Å². The highest BCUT2D eigenvalue weighted by molar-refractivity contribution is 6.25. The Bertz CT molecular complexity index is 1030. The van der Waals surface area contributed by atoms with E-state index >= 15 is 0 Å². The van der Waals surface area contributed by atoms with E-state index in [-0.39, 0.29) is 35.4 Å². The lowest BCUT2D eigenvalue weighted by atomic mass is 9.99. The fraction of sp³-hybridized carbons (Fsp3) is 0.593. The predicted octanol–water partition coefficient (Wildman–Crippen LogP) is 3.49. The van der Waals surface area contributed by atoms with Gasteiger partial charge in [-0.25, -0.2) is 0 Å². The van der Waals surface area contributed by atoms with Gasteiger partial charge in [-0.2, -0.15) is 0 Å². The molecule has 5 amide bonds. The van der Waals surface area contributed by atoms with Gasteiger partial charge in [0.2, 0.25) is 17.7 Å². The van der Waals surface area contributed by atoms with Crippen LogP contribution in [0.5, 0.6) is 0 Å². The third-order valence-corrected chi connectivity index (χ3v) is 7.50. The summed E-state index contributed by atoms with van der Waals surface area (Å²) in [4.78, 5) is 64.9. The van der Waals surface area contributed by atoms with Crippen LogP contribution < -0.4 is 10.6 Å². The minimum Gasteiger partial charge on any atom is -0.384 e. The third kappa shape index (κ3) is 5.94. The fourth-order valence-electron chi connectivity index (χ4n) is 4.56. The molecule has 1 aromatic carbocycles. The standard InChI is InChI=1S/C27H38N4O5/c1-5-27(2,3)30(4)22(33)14-9-7-6-8-10-17-28-19-13-11-12-18-23(19)26(36)31(25(18)35)20-15-16-21(32)29-24(20)34/h11-13,20,28H,5-10,14-17H2,1-4H3,(H,29,32,34). The van der Waals surface area contributed by atoms with Crippen LogP contribution in [-0.2, 0) is 14.4 Å². The van der Waals surface area contributed by atoms with Gasteiger partial charge in [-0.05, 0) is 51.7 Å². The lowest BCUT2D eigenvalue weighted by Crippen LogP contribution is -2.54. The van der Waals surface area contributed by atoms with Crippen LogP contribution in [0, 0.1) is 0 Å². The summed E-state index contributed by atoms with van der Waals surface area (Å²) < 4.78 is 0. The van der Waals surface area contributed by atoms with Gasteiger partial charge in [0.15, 0.2) is 0 Å². The molecule has 1 saturated heterocycles. The van der Waals surface area contributed by atoms with Gasteiger partial charge < -0.3 is 10.2 Å². The second-order valence-corrected chi connectivity index (χ2v) is 10.2. The first-order chi connectivity index (χ1) is 17.1. The molecule has 196 valence electrons. The number of hydrogen-bond acceptors (Lipinski definition) is 6. The Labute approximate surface area is 213 Å². The number of carbonyl (C=O) groups excluding carboxylic acids is 5. The number of unbranched alkanes of at least 4 members (excludes halogenated alkanes) is 4. The van der Waals surface area contributed by atoms with Gasteiger partial charge in [-0.1, -0.05) is 32.3 Å². The van der Waals surface area contributed by atoms with Gasteiger partial charge in [0.05, 0.1) is 11.1 Å². The summed E-state index contributed by atoms with van der Waals surface area (Å²) in [6.07, 6.45) is 6.46. The number of fused-ring (bicyclic) bond motifs is 1. The summed E-state index contributed by atoms with van der Waals surface area (Å²) in [7, 11) is 1.88. The molecule has 0 saturated carbocycles. The van der Waals surface area contributed by atoms with E-state index in [4.69, 9.17) is 0 Å². The molecule has 36 heavy (non-hydrogen) atoms. The Morgan fingerprint density at radius 2 is 1.78 bits per heavy atom. The van der Waals surface area contributed by atoms with E-state index in [1.165, 1.54) is 0 Å². The molecule has 3 rings (SSSR count). The molecule has 9 heteroatoms. The first-order valence-electron chi connectivity index (χ1n) is 12.9. The van der Waals surface area contributed by atoms with E-state index in [1.54, 1.807) is 18.2 Å². The highest BCUT2D eigenvalue weighted by atomic mass is 16.2. The Kier molecular flexibility index (Phi) is 8.87. The number of piperidine rings is 1. The molecule has 1 fully saturated rings. The van der Waals surface area contributed by atoms with Crippen molar-refractivity contribution in [1.29, 1.82) is 0 Å². The highest BCUT2D eigenvalue weighted by Crippen LogP contribution is 2.32. The molecule has 0 spiro atoms. The van der Waals surface area contributed by atoms with E-state index in [1.807, 2.05) is 11.9 Å². The first-order valence-corrected chi connectivity index (χ1v) is 12.9. The van der Waals surface area contributed by atoms with Gasteiger partial charge in [0, 0.05) is 37.7 Å². The quantitative estimate of drug-likeness (QED) is 0.337. The van der Waals surface area contributed by atoms with Gasteiger partial charge in [0.1, 0.15) is 6.04 Å². The lowest BCUT2D eigenvalue weighted by molar-refractivity contribution is -0.136. The topological polar surface area (TPSA) is 116 Å². The molecule has 1 atom stereocenters. The maximum atomic E-state index is 13.1. The van der Waals surface area contributed by atoms with E-state index in [0.717, 1.165) is 43.4 Å². The van der Waals surface area contributed by atoms with Crippen LogP contribution in [0.3, 0.4) is 0 Å². The van der Waals surface area contributed by atoms with E-state index in [0.29, 0.717) is 18.7 Å². The van der Waals surface area contributed by atoms with Crippen LogP contribution in [0.15, 0.2) is 18.2 Å². The number of benzene rings is 1. The average molecular weight is 499 g/mol. The maximum Gasteiger partial charge on any atom is 0.264 e. The summed E-state index contributed by atoms with van der Waals surface area (Å²) >= 11 is 0. The first kappa shape index (κ1) is 27.4. The van der Waals surface area contributed by atoms with E-state index < -0.39 is 29.7 Å². The monoisotopic (exact) mass is 498 g/mol. The van der Waals surface area contributed by atoms with Crippen LogP contribution in [0.25, 0.3) is 0 Å². The Morgan fingerprint density at radius 1 is 1.08 bits per heavy atom. The Morgan fingerprint density at radius 3 is 2.47 bits per heavy atom. The van der Waals surface area contributed by atoms with Crippen molar-refractivity contribution in [1.82, 2.24) is 15.1 Å². The second-order valence-electron chi connectivity index (χ2n) is 10.2. The molecule has 2 heterocycles. The van der Waals surface area contributed by atoms with Gasteiger partial charge >= 0.3 is 0 Å². The molecule has 1 unspecified atom stereocenters. The van der Waals surface area contributed by atoms with Crippen molar-refractivity contribution in [3.8, 4) is 0 Å². The number of anilines is 1. The number of nitrogens with one attached hydrogen (secondary N) is 2. The zero-order valence-corrected chi connectivity index (χ0v) is 21.8. The second kappa shape index (κ2) is 11.7. The van der Waals surface area contributed by atoms with Gasteiger partial charge in [0.25, 0.3) is 11.8 Å². The summed E-state index contributed by atoms with van der Waals surface area (Å²) in [6, 6.07) is 4.10. The van der Waals surface area contributed by atoms with Crippen LogP contribution in [-0.4, -0.2) is 64.5 Å². The van der Waals surface area contributed by atoms with E-state index in [2.05, 4.69) is 31.4 Å². The number of rotatable bonds is 12. The average Bonchev–Trinajstić information content (AvgIpc) is 3.10. The third-order valence-electron chi connectivity index (χ3n) is 7.50. The molecule has 2 N–H and O–H groups in total. The smallest absolute Gasteiger partial charge is 0.264 e. The molecule has 2 aliphatic heterocycles.